The second-order valence-corrected chi connectivity index (χ2v) is 6.68. The first-order valence-corrected chi connectivity index (χ1v) is 9.05. The van der Waals surface area contributed by atoms with E-state index in [0.717, 1.165) is 28.1 Å². The maximum absolute atomic E-state index is 12.8. The van der Waals surface area contributed by atoms with E-state index >= 15 is 0 Å². The zero-order valence-electron chi connectivity index (χ0n) is 15.9. The van der Waals surface area contributed by atoms with Crippen molar-refractivity contribution < 1.29 is 8.91 Å². The van der Waals surface area contributed by atoms with E-state index in [-0.39, 0.29) is 6.54 Å². The Kier molecular flexibility index (Phi) is 5.30. The van der Waals surface area contributed by atoms with E-state index in [1.807, 2.05) is 42.3 Å². The van der Waals surface area contributed by atoms with Crippen LogP contribution in [-0.4, -0.2) is 46.2 Å². The molecular weight excluding hydrogens is 373 g/mol. The third-order valence-electron chi connectivity index (χ3n) is 4.61. The molecule has 3 heterocycles. The summed E-state index contributed by atoms with van der Waals surface area (Å²) in [6.07, 6.45) is 5.36. The number of hydrazone groups is 1. The fourth-order valence-electron chi connectivity index (χ4n) is 3.14. The van der Waals surface area contributed by atoms with Gasteiger partial charge in [-0.05, 0) is 35.8 Å². The predicted octanol–water partition coefficient (Wildman–Crippen LogP) is 2.94. The van der Waals surface area contributed by atoms with Gasteiger partial charge in [-0.2, -0.15) is 10.1 Å². The molecule has 0 atom stereocenters. The van der Waals surface area contributed by atoms with Crippen LogP contribution in [0.1, 0.15) is 5.56 Å². The van der Waals surface area contributed by atoms with Crippen molar-refractivity contribution in [3.05, 3.63) is 60.4 Å². The van der Waals surface area contributed by atoms with Crippen molar-refractivity contribution in [3.63, 3.8) is 0 Å². The summed E-state index contributed by atoms with van der Waals surface area (Å²) in [5, 5.41) is 9.92. The van der Waals surface area contributed by atoms with E-state index < -0.39 is 0 Å². The Labute approximate surface area is 167 Å². The first-order valence-electron chi connectivity index (χ1n) is 9.05. The van der Waals surface area contributed by atoms with Gasteiger partial charge < -0.3 is 10.3 Å². The van der Waals surface area contributed by atoms with Gasteiger partial charge in [0.15, 0.2) is 0 Å². The third kappa shape index (κ3) is 3.99. The molecule has 0 saturated carbocycles. The Morgan fingerprint density at radius 3 is 2.83 bits per heavy atom. The molecule has 29 heavy (non-hydrogen) atoms. The fourth-order valence-corrected chi connectivity index (χ4v) is 3.14. The molecule has 8 nitrogen and oxygen atoms in total. The standard InChI is InChI=1S/C20H20FN7O/c1-14-5-18(16-3-2-4-17(6-16)19-24-12-29-26-19)9-23-20(14)27-11-25-28(13-27)10-15(7-21)8-22/h2-7,9,11-12H,8,10,13,22H2,1H3/b15-7+. The van der Waals surface area contributed by atoms with Crippen LogP contribution in [0.25, 0.3) is 22.5 Å². The van der Waals surface area contributed by atoms with E-state index in [9.17, 15) is 4.39 Å². The Balaban J connectivity index is 1.52. The van der Waals surface area contributed by atoms with Gasteiger partial charge in [0.25, 0.3) is 0 Å². The Morgan fingerprint density at radius 1 is 1.24 bits per heavy atom. The lowest BCUT2D eigenvalue weighted by molar-refractivity contribution is 0.342. The van der Waals surface area contributed by atoms with Crippen LogP contribution >= 0.6 is 0 Å². The first kappa shape index (κ1) is 18.8. The van der Waals surface area contributed by atoms with Crippen molar-refractivity contribution in [2.24, 2.45) is 10.8 Å². The van der Waals surface area contributed by atoms with E-state index in [1.165, 1.54) is 6.39 Å². The highest BCUT2D eigenvalue weighted by Crippen LogP contribution is 2.28. The van der Waals surface area contributed by atoms with Gasteiger partial charge in [-0.3, -0.25) is 9.91 Å². The number of aryl methyl sites for hydroxylation is 1. The molecule has 9 heteroatoms. The molecule has 1 aromatic carbocycles. The molecule has 2 N–H and O–H groups in total. The highest BCUT2D eigenvalue weighted by Gasteiger charge is 2.19. The van der Waals surface area contributed by atoms with Crippen molar-refractivity contribution in [2.75, 3.05) is 24.7 Å². The monoisotopic (exact) mass is 393 g/mol. The number of anilines is 1. The molecular formula is C20H20FN7O. The van der Waals surface area contributed by atoms with E-state index in [1.54, 1.807) is 11.3 Å². The third-order valence-corrected chi connectivity index (χ3v) is 4.61. The van der Waals surface area contributed by atoms with Crippen LogP contribution in [0.3, 0.4) is 0 Å². The molecule has 0 radical (unpaired) electrons. The summed E-state index contributed by atoms with van der Waals surface area (Å²) in [4.78, 5) is 10.6. The van der Waals surface area contributed by atoms with Crippen molar-refractivity contribution in [1.82, 2.24) is 20.1 Å². The molecule has 0 unspecified atom stereocenters. The molecule has 0 spiro atoms. The lowest BCUT2D eigenvalue weighted by Gasteiger charge is -2.20. The van der Waals surface area contributed by atoms with E-state index in [2.05, 4.69) is 26.3 Å². The molecule has 0 bridgehead atoms. The predicted molar refractivity (Wildman–Crippen MR) is 108 cm³/mol. The summed E-state index contributed by atoms with van der Waals surface area (Å²) in [6, 6.07) is 9.96. The summed E-state index contributed by atoms with van der Waals surface area (Å²) in [6.45, 7) is 2.99. The minimum absolute atomic E-state index is 0.164. The average molecular weight is 393 g/mol. The van der Waals surface area contributed by atoms with Crippen LogP contribution < -0.4 is 10.6 Å². The number of pyridine rings is 1. The zero-order valence-corrected chi connectivity index (χ0v) is 15.9. The van der Waals surface area contributed by atoms with E-state index in [4.69, 9.17) is 10.3 Å². The summed E-state index contributed by atoms with van der Waals surface area (Å²) >= 11 is 0. The van der Waals surface area contributed by atoms with Crippen molar-refractivity contribution in [2.45, 2.75) is 6.92 Å². The number of nitrogens with two attached hydrogens (primary N) is 1. The fraction of sp³-hybridized carbons (Fsp3) is 0.200. The molecule has 0 aliphatic carbocycles. The van der Waals surface area contributed by atoms with E-state index in [0.29, 0.717) is 30.9 Å². The van der Waals surface area contributed by atoms with Crippen molar-refractivity contribution >= 4 is 12.2 Å². The molecule has 0 amide bonds. The Morgan fingerprint density at radius 2 is 2.10 bits per heavy atom. The average Bonchev–Trinajstić information content (AvgIpc) is 3.44. The highest BCUT2D eigenvalue weighted by atomic mass is 19.1. The van der Waals surface area contributed by atoms with Crippen molar-refractivity contribution in [1.29, 1.82) is 0 Å². The number of hydrogen-bond donors (Lipinski definition) is 1. The van der Waals surface area contributed by atoms with Gasteiger partial charge in [-0.25, -0.2) is 9.37 Å². The van der Waals surface area contributed by atoms with Gasteiger partial charge >= 0.3 is 0 Å². The molecule has 0 fully saturated rings. The van der Waals surface area contributed by atoms with Gasteiger partial charge in [0.2, 0.25) is 12.2 Å². The van der Waals surface area contributed by atoms with Crippen LogP contribution in [0, 0.1) is 6.92 Å². The van der Waals surface area contributed by atoms with Gasteiger partial charge in [-0.15, -0.1) is 0 Å². The summed E-state index contributed by atoms with van der Waals surface area (Å²) in [5.74, 6) is 1.34. The highest BCUT2D eigenvalue weighted by molar-refractivity contribution is 5.81. The number of nitrogens with zero attached hydrogens (tertiary/aromatic N) is 6. The SMILES string of the molecule is Cc1cc(-c2cccc(-c3ncon3)c2)cnc1N1C=NN(C/C(=C/F)CN)C1. The Hall–Kier alpha value is -3.59. The second kappa shape index (κ2) is 8.19. The minimum Gasteiger partial charge on any atom is -0.342 e. The number of aromatic nitrogens is 3. The quantitative estimate of drug-likeness (QED) is 0.688. The maximum atomic E-state index is 12.8. The normalized spacial score (nSPS) is 14.1. The smallest absolute Gasteiger partial charge is 0.214 e. The Bertz CT molecular complexity index is 1050. The lowest BCUT2D eigenvalue weighted by atomic mass is 10.0. The number of halogens is 1. The first-order chi connectivity index (χ1) is 14.2. The number of benzene rings is 1. The topological polar surface area (TPSA) is 96.7 Å². The number of hydrogen-bond acceptors (Lipinski definition) is 8. The zero-order chi connectivity index (χ0) is 20.2. The van der Waals surface area contributed by atoms with Gasteiger partial charge in [0.05, 0.1) is 12.9 Å². The molecule has 4 rings (SSSR count). The lowest BCUT2D eigenvalue weighted by Crippen LogP contribution is -2.29. The van der Waals surface area contributed by atoms with Crippen LogP contribution in [0.5, 0.6) is 0 Å². The summed E-state index contributed by atoms with van der Waals surface area (Å²) < 4.78 is 17.6. The van der Waals surface area contributed by atoms with Crippen LogP contribution in [0.15, 0.2) is 64.4 Å². The number of rotatable bonds is 6. The molecule has 3 aromatic rings. The summed E-state index contributed by atoms with van der Waals surface area (Å²) in [5.41, 5.74) is 9.87. The van der Waals surface area contributed by atoms with Gasteiger partial charge in [0.1, 0.15) is 18.8 Å². The molecule has 1 aliphatic rings. The summed E-state index contributed by atoms with van der Waals surface area (Å²) in [7, 11) is 0. The van der Waals surface area contributed by atoms with Gasteiger partial charge in [0, 0.05) is 23.9 Å². The van der Waals surface area contributed by atoms with Crippen molar-refractivity contribution in [3.8, 4) is 22.5 Å². The second-order valence-electron chi connectivity index (χ2n) is 6.68. The minimum atomic E-state index is 0.164. The molecule has 0 saturated heterocycles. The maximum Gasteiger partial charge on any atom is 0.214 e. The van der Waals surface area contributed by atoms with Gasteiger partial charge in [-0.1, -0.05) is 23.4 Å². The molecule has 1 aliphatic heterocycles. The van der Waals surface area contributed by atoms with Crippen LogP contribution in [0.4, 0.5) is 10.2 Å². The van der Waals surface area contributed by atoms with Crippen LogP contribution in [0.2, 0.25) is 0 Å². The largest absolute Gasteiger partial charge is 0.342 e. The van der Waals surface area contributed by atoms with Crippen LogP contribution in [-0.2, 0) is 0 Å². The molecule has 2 aromatic heterocycles. The molecule has 148 valence electrons.